The van der Waals surface area contributed by atoms with E-state index in [1.165, 1.54) is 24.3 Å². The molecule has 2 heterocycles. The number of benzene rings is 2. The first kappa shape index (κ1) is 19.9. The summed E-state index contributed by atoms with van der Waals surface area (Å²) >= 11 is 0. The van der Waals surface area contributed by atoms with Gasteiger partial charge in [-0.25, -0.2) is 13.3 Å². The van der Waals surface area contributed by atoms with E-state index in [0.29, 0.717) is 11.2 Å². The maximum atomic E-state index is 12.7. The number of anilines is 1. The van der Waals surface area contributed by atoms with Gasteiger partial charge in [0.1, 0.15) is 10.0 Å². The van der Waals surface area contributed by atoms with Crippen molar-refractivity contribution in [3.63, 3.8) is 0 Å². The largest absolute Gasteiger partial charge is 0.571 e. The summed E-state index contributed by atoms with van der Waals surface area (Å²) in [5.41, 5.74) is 1.02. The Morgan fingerprint density at radius 3 is 2.18 bits per heavy atom. The molecule has 1 aromatic heterocycles. The molecule has 136 valence electrons. The van der Waals surface area contributed by atoms with Gasteiger partial charge in [0, 0.05) is 37.8 Å². The van der Waals surface area contributed by atoms with E-state index >= 15 is 0 Å². The van der Waals surface area contributed by atoms with Gasteiger partial charge < -0.3 is 4.72 Å². The van der Waals surface area contributed by atoms with Gasteiger partial charge in [-0.1, -0.05) is 24.3 Å². The van der Waals surface area contributed by atoms with Crippen LogP contribution in [-0.4, -0.2) is 25.2 Å². The van der Waals surface area contributed by atoms with Crippen molar-refractivity contribution in [1.29, 1.82) is 0 Å². The third-order valence-corrected chi connectivity index (χ3v) is 5.34. The molecule has 0 atom stereocenters. The zero-order valence-electron chi connectivity index (χ0n) is 14.5. The molecule has 2 amide bonds. The molecule has 1 aliphatic rings. The molecule has 9 heteroatoms. The van der Waals surface area contributed by atoms with Gasteiger partial charge in [0.25, 0.3) is 11.8 Å². The van der Waals surface area contributed by atoms with Crippen LogP contribution in [0.2, 0.25) is 0 Å². The van der Waals surface area contributed by atoms with Crippen molar-refractivity contribution in [2.24, 2.45) is 0 Å². The summed E-state index contributed by atoms with van der Waals surface area (Å²) < 4.78 is 29.2. The Bertz CT molecular complexity index is 1180. The maximum absolute atomic E-state index is 12.7. The van der Waals surface area contributed by atoms with Crippen molar-refractivity contribution in [1.82, 2.24) is 4.98 Å². The van der Waals surface area contributed by atoms with Crippen molar-refractivity contribution in [3.05, 3.63) is 77.7 Å². The van der Waals surface area contributed by atoms with Gasteiger partial charge in [-0.3, -0.25) is 14.6 Å². The Hall–Kier alpha value is -2.90. The molecule has 0 saturated carbocycles. The number of carbonyl (C=O) groups excluding carboxylic acids is 2. The van der Waals surface area contributed by atoms with Crippen LogP contribution in [0.5, 0.6) is 0 Å². The van der Waals surface area contributed by atoms with E-state index in [1.807, 2.05) is 12.1 Å². The molecule has 1 aliphatic heterocycles. The van der Waals surface area contributed by atoms with Crippen LogP contribution in [-0.2, 0) is 39.1 Å². The van der Waals surface area contributed by atoms with Gasteiger partial charge in [-0.2, -0.15) is 0 Å². The minimum absolute atomic E-state index is 0. The third-order valence-electron chi connectivity index (χ3n) is 4.03. The van der Waals surface area contributed by atoms with Crippen LogP contribution < -0.4 is 4.90 Å². The van der Waals surface area contributed by atoms with Crippen molar-refractivity contribution < 1.29 is 37.5 Å². The molecule has 0 radical (unpaired) electrons. The van der Waals surface area contributed by atoms with Crippen molar-refractivity contribution >= 4 is 44.1 Å². The molecule has 4 rings (SSSR count). The van der Waals surface area contributed by atoms with Crippen LogP contribution in [0.15, 0.2) is 77.8 Å². The van der Waals surface area contributed by atoms with E-state index in [1.54, 1.807) is 24.4 Å². The molecule has 0 N–H and O–H groups in total. The predicted octanol–water partition coefficient (Wildman–Crippen LogP) is 3.06. The summed E-state index contributed by atoms with van der Waals surface area (Å²) in [5, 5.41) is 0.780. The van der Waals surface area contributed by atoms with Gasteiger partial charge in [0.15, 0.2) is 0 Å². The number of pyridine rings is 1. The molecule has 0 bridgehead atoms. The number of sulfonamides is 1. The molecule has 0 aliphatic carbocycles. The standard InChI is InChI=1S/C19H12N3O4S.Zn/c23-17-10-11-18(24)22(17)14-6-8-15(9-7-14)27(25,26)21-16-5-1-3-13-4-2-12-20-19(13)16;/h1-12H;/q-1;. The molecule has 0 unspecified atom stereocenters. The van der Waals surface area contributed by atoms with Crippen LogP contribution in [0.3, 0.4) is 0 Å². The first-order chi connectivity index (χ1) is 13.0. The van der Waals surface area contributed by atoms with E-state index in [4.69, 9.17) is 0 Å². The second-order valence-corrected chi connectivity index (χ2v) is 7.36. The van der Waals surface area contributed by atoms with E-state index < -0.39 is 21.8 Å². The first-order valence-electron chi connectivity index (χ1n) is 7.94. The fraction of sp³-hybridized carbons (Fsp3) is 0. The van der Waals surface area contributed by atoms with Crippen LogP contribution in [0.1, 0.15) is 0 Å². The minimum Gasteiger partial charge on any atom is -0.571 e. The molecular weight excluding hydrogens is 432 g/mol. The minimum atomic E-state index is -3.99. The van der Waals surface area contributed by atoms with Crippen LogP contribution in [0.4, 0.5) is 11.4 Å². The van der Waals surface area contributed by atoms with Gasteiger partial charge >= 0.3 is 0 Å². The number of hydrogen-bond acceptors (Lipinski definition) is 5. The summed E-state index contributed by atoms with van der Waals surface area (Å²) in [6, 6.07) is 14.1. The zero-order chi connectivity index (χ0) is 19.0. The summed E-state index contributed by atoms with van der Waals surface area (Å²) in [5.74, 6) is -0.941. The van der Waals surface area contributed by atoms with E-state index in [-0.39, 0.29) is 30.1 Å². The maximum Gasteiger partial charge on any atom is 0.258 e. The average molecular weight is 444 g/mol. The number of rotatable bonds is 4. The molecule has 2 aromatic carbocycles. The fourth-order valence-corrected chi connectivity index (χ4v) is 3.76. The number of amides is 2. The fourth-order valence-electron chi connectivity index (χ4n) is 2.77. The van der Waals surface area contributed by atoms with Crippen molar-refractivity contribution in [2.45, 2.75) is 4.90 Å². The first-order valence-corrected chi connectivity index (χ1v) is 9.38. The smallest absolute Gasteiger partial charge is 0.258 e. The van der Waals surface area contributed by atoms with Gasteiger partial charge in [-0.15, -0.1) is 5.69 Å². The Kier molecular flexibility index (Phi) is 5.40. The Labute approximate surface area is 173 Å². The molecule has 28 heavy (non-hydrogen) atoms. The zero-order valence-corrected chi connectivity index (χ0v) is 18.3. The predicted molar refractivity (Wildman–Crippen MR) is 100 cm³/mol. The number of aromatic nitrogens is 1. The summed E-state index contributed by atoms with van der Waals surface area (Å²) in [6.45, 7) is 0. The summed E-state index contributed by atoms with van der Waals surface area (Å²) in [7, 11) is -3.99. The van der Waals surface area contributed by atoms with Gasteiger partial charge in [0.05, 0.1) is 16.1 Å². The topological polar surface area (TPSA) is 98.5 Å². The van der Waals surface area contributed by atoms with Crippen molar-refractivity contribution in [2.75, 3.05) is 4.90 Å². The molecule has 0 fully saturated rings. The van der Waals surface area contributed by atoms with Crippen LogP contribution in [0, 0.1) is 0 Å². The normalized spacial score (nSPS) is 13.6. The van der Waals surface area contributed by atoms with Crippen molar-refractivity contribution in [3.8, 4) is 0 Å². The summed E-state index contributed by atoms with van der Waals surface area (Å²) in [4.78, 5) is 28.5. The van der Waals surface area contributed by atoms with E-state index in [9.17, 15) is 18.0 Å². The quantitative estimate of drug-likeness (QED) is 0.456. The third kappa shape index (κ3) is 3.59. The number of nitrogens with zero attached hydrogens (tertiary/aromatic N) is 3. The number of imide groups is 1. The molecule has 0 saturated heterocycles. The second kappa shape index (κ2) is 7.62. The van der Waals surface area contributed by atoms with E-state index in [0.717, 1.165) is 22.4 Å². The number of fused-ring (bicyclic) bond motifs is 1. The molecule has 3 aromatic rings. The second-order valence-electron chi connectivity index (χ2n) is 5.76. The van der Waals surface area contributed by atoms with Crippen LogP contribution >= 0.6 is 0 Å². The Morgan fingerprint density at radius 2 is 1.50 bits per heavy atom. The van der Waals surface area contributed by atoms with E-state index in [2.05, 4.69) is 9.71 Å². The monoisotopic (exact) mass is 442 g/mol. The van der Waals surface area contributed by atoms with Crippen LogP contribution in [0.25, 0.3) is 15.6 Å². The van der Waals surface area contributed by atoms with Gasteiger partial charge in [-0.05, 0) is 35.7 Å². The number of carbonyl (C=O) groups is 2. The Morgan fingerprint density at radius 1 is 0.857 bits per heavy atom. The SMILES string of the molecule is O=C1C=CC(=O)N1c1ccc(S(=O)(=O)[N-]c2cccc3cccnc23)cc1.[Zn]. The Balaban J connectivity index is 0.00000225. The summed E-state index contributed by atoms with van der Waals surface area (Å²) in [6.07, 6.45) is 3.90. The molecule has 7 nitrogen and oxygen atoms in total. The molecule has 0 spiro atoms. The number of para-hydroxylation sites is 1. The number of hydrogen-bond donors (Lipinski definition) is 0. The molecular formula is C19H12N3O4SZn-. The van der Waals surface area contributed by atoms with Gasteiger partial charge in [0.2, 0.25) is 0 Å². The average Bonchev–Trinajstić information content (AvgIpc) is 3.00.